The van der Waals surface area contributed by atoms with E-state index in [-0.39, 0.29) is 5.69 Å². The minimum atomic E-state index is -0.440. The molecule has 0 atom stereocenters. The number of nitro groups is 1. The highest BCUT2D eigenvalue weighted by atomic mass is 32.1. The van der Waals surface area contributed by atoms with Crippen LogP contribution >= 0.6 is 12.6 Å². The van der Waals surface area contributed by atoms with Gasteiger partial charge >= 0.3 is 5.69 Å². The number of hydrogen-bond donors (Lipinski definition) is 1. The van der Waals surface area contributed by atoms with Crippen molar-refractivity contribution in [3.8, 4) is 5.75 Å². The Morgan fingerprint density at radius 3 is 2.88 bits per heavy atom. The Balaban J connectivity index is 2.78. The molecular weight excluding hydrogens is 226 g/mol. The van der Waals surface area contributed by atoms with Crippen molar-refractivity contribution in [3.05, 3.63) is 46.0 Å². The van der Waals surface area contributed by atoms with Gasteiger partial charge in [0.15, 0.2) is 5.75 Å². The second kappa shape index (κ2) is 6.17. The van der Waals surface area contributed by atoms with E-state index in [9.17, 15) is 10.1 Å². The van der Waals surface area contributed by atoms with Crippen molar-refractivity contribution in [2.45, 2.75) is 6.92 Å². The van der Waals surface area contributed by atoms with Gasteiger partial charge in [-0.15, -0.1) is 0 Å². The van der Waals surface area contributed by atoms with Gasteiger partial charge in [0, 0.05) is 11.8 Å². The fourth-order valence-corrected chi connectivity index (χ4v) is 1.32. The zero-order valence-electron chi connectivity index (χ0n) is 8.92. The summed E-state index contributed by atoms with van der Waals surface area (Å²) in [5.41, 5.74) is 0.837. The van der Waals surface area contributed by atoms with Crippen molar-refractivity contribution >= 4 is 18.3 Å². The van der Waals surface area contributed by atoms with Crippen molar-refractivity contribution in [1.29, 1.82) is 0 Å². The van der Waals surface area contributed by atoms with Crippen LogP contribution in [-0.4, -0.2) is 17.3 Å². The van der Waals surface area contributed by atoms with E-state index in [2.05, 4.69) is 12.6 Å². The fourth-order valence-electron chi connectivity index (χ4n) is 1.17. The van der Waals surface area contributed by atoms with Crippen LogP contribution < -0.4 is 4.74 Å². The molecule has 0 radical (unpaired) electrons. The minimum Gasteiger partial charge on any atom is -0.483 e. The molecule has 0 aliphatic carbocycles. The molecule has 86 valence electrons. The molecule has 0 fully saturated rings. The monoisotopic (exact) mass is 239 g/mol. The normalized spacial score (nSPS) is 10.6. The Hall–Kier alpha value is -1.49. The topological polar surface area (TPSA) is 52.4 Å². The molecule has 0 aliphatic rings. The summed E-state index contributed by atoms with van der Waals surface area (Å²) in [6.07, 6.45) is 3.60. The van der Waals surface area contributed by atoms with E-state index in [1.54, 1.807) is 25.1 Å². The van der Waals surface area contributed by atoms with E-state index < -0.39 is 4.92 Å². The van der Waals surface area contributed by atoms with Crippen molar-refractivity contribution in [1.82, 2.24) is 0 Å². The molecule has 1 rings (SSSR count). The van der Waals surface area contributed by atoms with Gasteiger partial charge in [-0.1, -0.05) is 18.2 Å². The Labute approximate surface area is 99.5 Å². The van der Waals surface area contributed by atoms with Crippen molar-refractivity contribution in [2.75, 3.05) is 12.4 Å². The zero-order valence-corrected chi connectivity index (χ0v) is 9.81. The molecule has 0 aliphatic heterocycles. The van der Waals surface area contributed by atoms with Gasteiger partial charge < -0.3 is 4.74 Å². The first kappa shape index (κ1) is 12.6. The molecule has 0 saturated heterocycles. The molecule has 0 saturated carbocycles. The predicted molar refractivity (Wildman–Crippen MR) is 66.3 cm³/mol. The summed E-state index contributed by atoms with van der Waals surface area (Å²) in [6, 6.07) is 4.89. The molecule has 1 aromatic carbocycles. The maximum absolute atomic E-state index is 10.8. The predicted octanol–water partition coefficient (Wildman–Crippen LogP) is 2.77. The van der Waals surface area contributed by atoms with E-state index in [1.165, 1.54) is 6.07 Å². The largest absolute Gasteiger partial charge is 0.483 e. The molecule has 0 amide bonds. The van der Waals surface area contributed by atoms with Crippen LogP contribution in [0, 0.1) is 17.0 Å². The fraction of sp³-hybridized carbons (Fsp3) is 0.273. The second-order valence-electron chi connectivity index (χ2n) is 3.19. The Morgan fingerprint density at radius 1 is 1.50 bits per heavy atom. The third-order valence-corrected chi connectivity index (χ3v) is 2.13. The summed E-state index contributed by atoms with van der Waals surface area (Å²) in [5, 5.41) is 10.8. The number of aryl methyl sites for hydroxylation is 1. The van der Waals surface area contributed by atoms with E-state index in [4.69, 9.17) is 4.74 Å². The summed E-state index contributed by atoms with van der Waals surface area (Å²) in [6.45, 7) is 2.11. The molecule has 0 aromatic heterocycles. The van der Waals surface area contributed by atoms with E-state index in [1.807, 2.05) is 6.08 Å². The summed E-state index contributed by atoms with van der Waals surface area (Å²) >= 11 is 4.00. The molecule has 0 heterocycles. The quantitative estimate of drug-likeness (QED) is 0.372. The highest BCUT2D eigenvalue weighted by molar-refractivity contribution is 7.80. The zero-order chi connectivity index (χ0) is 12.0. The van der Waals surface area contributed by atoms with Crippen LogP contribution in [0.3, 0.4) is 0 Å². The molecule has 16 heavy (non-hydrogen) atoms. The van der Waals surface area contributed by atoms with Crippen LogP contribution in [0.4, 0.5) is 5.69 Å². The molecule has 1 aromatic rings. The molecular formula is C11H13NO3S. The summed E-state index contributed by atoms with van der Waals surface area (Å²) < 4.78 is 5.29. The lowest BCUT2D eigenvalue weighted by molar-refractivity contribution is -0.385. The van der Waals surface area contributed by atoms with Crippen LogP contribution in [0.15, 0.2) is 30.4 Å². The Bertz CT molecular complexity index is 404. The average Bonchev–Trinajstić information content (AvgIpc) is 2.26. The lowest BCUT2D eigenvalue weighted by Gasteiger charge is -2.04. The van der Waals surface area contributed by atoms with Gasteiger partial charge in [0.25, 0.3) is 0 Å². The third-order valence-electron chi connectivity index (χ3n) is 1.92. The maximum atomic E-state index is 10.8. The van der Waals surface area contributed by atoms with Crippen LogP contribution in [0.1, 0.15) is 5.56 Å². The van der Waals surface area contributed by atoms with Gasteiger partial charge in [-0.3, -0.25) is 10.1 Å². The number of nitro benzene ring substituents is 1. The van der Waals surface area contributed by atoms with Crippen molar-refractivity contribution < 1.29 is 9.66 Å². The SMILES string of the molecule is Cc1ccc(OCC=CCS)c([N+](=O)[O-])c1. The first-order valence-corrected chi connectivity index (χ1v) is 5.42. The number of hydrogen-bond acceptors (Lipinski definition) is 4. The summed E-state index contributed by atoms with van der Waals surface area (Å²) in [4.78, 5) is 10.3. The minimum absolute atomic E-state index is 0.000673. The smallest absolute Gasteiger partial charge is 0.311 e. The highest BCUT2D eigenvalue weighted by Crippen LogP contribution is 2.27. The van der Waals surface area contributed by atoms with Crippen LogP contribution in [0.2, 0.25) is 0 Å². The van der Waals surface area contributed by atoms with E-state index in [0.717, 1.165) is 5.56 Å². The van der Waals surface area contributed by atoms with Gasteiger partial charge in [-0.25, -0.2) is 0 Å². The van der Waals surface area contributed by atoms with E-state index in [0.29, 0.717) is 18.1 Å². The van der Waals surface area contributed by atoms with Gasteiger partial charge in [0.1, 0.15) is 6.61 Å². The van der Waals surface area contributed by atoms with Crippen LogP contribution in [0.25, 0.3) is 0 Å². The van der Waals surface area contributed by atoms with Crippen LogP contribution in [-0.2, 0) is 0 Å². The summed E-state index contributed by atoms with van der Waals surface area (Å²) in [7, 11) is 0. The number of ether oxygens (including phenoxy) is 1. The number of nitrogens with zero attached hydrogens (tertiary/aromatic N) is 1. The number of rotatable bonds is 5. The first-order valence-electron chi connectivity index (χ1n) is 4.79. The lowest BCUT2D eigenvalue weighted by atomic mass is 10.2. The van der Waals surface area contributed by atoms with Gasteiger partial charge in [0.05, 0.1) is 4.92 Å². The maximum Gasteiger partial charge on any atom is 0.311 e. The van der Waals surface area contributed by atoms with Crippen LogP contribution in [0.5, 0.6) is 5.75 Å². The average molecular weight is 239 g/mol. The van der Waals surface area contributed by atoms with E-state index >= 15 is 0 Å². The number of benzene rings is 1. The highest BCUT2D eigenvalue weighted by Gasteiger charge is 2.14. The molecule has 5 heteroatoms. The molecule has 0 unspecified atom stereocenters. The second-order valence-corrected chi connectivity index (χ2v) is 3.56. The van der Waals surface area contributed by atoms with Crippen molar-refractivity contribution in [2.24, 2.45) is 0 Å². The third kappa shape index (κ3) is 3.58. The van der Waals surface area contributed by atoms with Gasteiger partial charge in [0.2, 0.25) is 0 Å². The Kier molecular flexibility index (Phi) is 4.85. The number of thiol groups is 1. The van der Waals surface area contributed by atoms with Crippen molar-refractivity contribution in [3.63, 3.8) is 0 Å². The molecule has 4 nitrogen and oxygen atoms in total. The Morgan fingerprint density at radius 2 is 2.25 bits per heavy atom. The molecule has 0 bridgehead atoms. The first-order chi connectivity index (χ1) is 7.65. The molecule has 0 N–H and O–H groups in total. The lowest BCUT2D eigenvalue weighted by Crippen LogP contribution is -1.98. The standard InChI is InChI=1S/C11H13NO3S/c1-9-4-5-11(10(8-9)12(13)14)15-6-2-3-7-16/h2-5,8,16H,6-7H2,1H3. The summed E-state index contributed by atoms with van der Waals surface area (Å²) in [5.74, 6) is 0.915. The van der Waals surface area contributed by atoms with Gasteiger partial charge in [-0.05, 0) is 18.6 Å². The molecule has 0 spiro atoms. The van der Waals surface area contributed by atoms with Gasteiger partial charge in [-0.2, -0.15) is 12.6 Å².